The Labute approximate surface area is 97.8 Å². The van der Waals surface area contributed by atoms with E-state index in [0.717, 1.165) is 0 Å². The summed E-state index contributed by atoms with van der Waals surface area (Å²) in [4.78, 5) is 0. The van der Waals surface area contributed by atoms with Crippen LogP contribution in [-0.2, 0) is 16.6 Å². The molecule has 0 aromatic carbocycles. The molecular formula is C9H11N3O2S2. The third-order valence-corrected chi connectivity index (χ3v) is 4.75. The van der Waals surface area contributed by atoms with Gasteiger partial charge < -0.3 is 0 Å². The maximum atomic E-state index is 11.8. The molecule has 0 aliphatic heterocycles. The molecule has 0 saturated carbocycles. The molecule has 0 radical (unpaired) electrons. The van der Waals surface area contributed by atoms with Gasteiger partial charge in [0.25, 0.3) is 10.0 Å². The van der Waals surface area contributed by atoms with Crippen molar-refractivity contribution in [1.29, 1.82) is 0 Å². The van der Waals surface area contributed by atoms with Crippen LogP contribution < -0.4 is 4.72 Å². The van der Waals surface area contributed by atoms with Gasteiger partial charge >= 0.3 is 0 Å². The van der Waals surface area contributed by atoms with Crippen LogP contribution in [0.2, 0.25) is 0 Å². The summed E-state index contributed by atoms with van der Waals surface area (Å²) in [6.07, 6.45) is 3.15. The van der Waals surface area contributed by atoms with Gasteiger partial charge in [-0.25, -0.2) is 8.42 Å². The molecule has 1 N–H and O–H groups in total. The van der Waals surface area contributed by atoms with Gasteiger partial charge in [-0.2, -0.15) is 5.10 Å². The van der Waals surface area contributed by atoms with Gasteiger partial charge in [0, 0.05) is 12.7 Å². The molecule has 0 saturated heterocycles. The van der Waals surface area contributed by atoms with Gasteiger partial charge in [-0.3, -0.25) is 9.40 Å². The Bertz CT molecular complexity index is 557. The molecule has 2 rings (SSSR count). The zero-order chi connectivity index (χ0) is 11.6. The highest BCUT2D eigenvalue weighted by Crippen LogP contribution is 2.19. The lowest BCUT2D eigenvalue weighted by Crippen LogP contribution is -2.10. The predicted octanol–water partition coefficient (Wildman–Crippen LogP) is 1.77. The number of rotatable bonds is 4. The number of hydrogen-bond acceptors (Lipinski definition) is 4. The summed E-state index contributed by atoms with van der Waals surface area (Å²) in [6.45, 7) is 2.64. The van der Waals surface area contributed by atoms with E-state index in [0.29, 0.717) is 16.4 Å². The SMILES string of the molecule is CCn1cc(NS(=O)(=O)c2cccs2)cn1. The van der Waals surface area contributed by atoms with Gasteiger partial charge in [0.2, 0.25) is 0 Å². The van der Waals surface area contributed by atoms with Gasteiger partial charge in [-0.05, 0) is 18.4 Å². The first kappa shape index (κ1) is 11.2. The van der Waals surface area contributed by atoms with Crippen molar-refractivity contribution >= 4 is 27.0 Å². The van der Waals surface area contributed by atoms with Gasteiger partial charge in [0.15, 0.2) is 0 Å². The number of nitrogens with zero attached hydrogens (tertiary/aromatic N) is 2. The lowest BCUT2D eigenvalue weighted by atomic mass is 10.6. The van der Waals surface area contributed by atoms with E-state index < -0.39 is 10.0 Å². The molecule has 5 nitrogen and oxygen atoms in total. The number of anilines is 1. The highest BCUT2D eigenvalue weighted by molar-refractivity contribution is 7.94. The van der Waals surface area contributed by atoms with Gasteiger partial charge in [0.1, 0.15) is 4.21 Å². The molecule has 2 aromatic heterocycles. The van der Waals surface area contributed by atoms with Crippen LogP contribution in [0.1, 0.15) is 6.92 Å². The average molecular weight is 257 g/mol. The van der Waals surface area contributed by atoms with Crippen molar-refractivity contribution < 1.29 is 8.42 Å². The summed E-state index contributed by atoms with van der Waals surface area (Å²) in [7, 11) is -3.45. The highest BCUT2D eigenvalue weighted by Gasteiger charge is 2.15. The summed E-state index contributed by atoms with van der Waals surface area (Å²) in [5.74, 6) is 0. The van der Waals surface area contributed by atoms with Crippen molar-refractivity contribution in [2.24, 2.45) is 0 Å². The smallest absolute Gasteiger partial charge is 0.271 e. The lowest BCUT2D eigenvalue weighted by molar-refractivity contribution is 0.603. The summed E-state index contributed by atoms with van der Waals surface area (Å²) in [5.41, 5.74) is 0.482. The Kier molecular flexibility index (Phi) is 2.97. The maximum absolute atomic E-state index is 11.8. The standard InChI is InChI=1S/C9H11N3O2S2/c1-2-12-7-8(6-10-12)11-16(13,14)9-4-3-5-15-9/h3-7,11H,2H2,1H3. The molecule has 2 heterocycles. The molecule has 2 aromatic rings. The number of nitrogens with one attached hydrogen (secondary N) is 1. The fourth-order valence-electron chi connectivity index (χ4n) is 1.21. The van der Waals surface area contributed by atoms with Crippen LogP contribution in [0.4, 0.5) is 5.69 Å². The minimum Gasteiger partial charge on any atom is -0.276 e. The van der Waals surface area contributed by atoms with E-state index in [9.17, 15) is 8.42 Å². The van der Waals surface area contributed by atoms with Crippen LogP contribution in [0, 0.1) is 0 Å². The van der Waals surface area contributed by atoms with Crippen molar-refractivity contribution in [2.45, 2.75) is 17.7 Å². The summed E-state index contributed by atoms with van der Waals surface area (Å²) >= 11 is 1.18. The molecule has 86 valence electrons. The normalized spacial score (nSPS) is 11.6. The lowest BCUT2D eigenvalue weighted by Gasteiger charge is -2.02. The van der Waals surface area contributed by atoms with E-state index in [1.54, 1.807) is 28.4 Å². The number of aryl methyl sites for hydroxylation is 1. The first-order chi connectivity index (χ1) is 7.62. The van der Waals surface area contributed by atoms with E-state index in [1.807, 2.05) is 6.92 Å². The second kappa shape index (κ2) is 4.26. The molecule has 0 spiro atoms. The Morgan fingerprint density at radius 3 is 2.94 bits per heavy atom. The summed E-state index contributed by atoms with van der Waals surface area (Å²) < 4.78 is 28.1. The fourth-order valence-corrected chi connectivity index (χ4v) is 3.23. The van der Waals surface area contributed by atoms with Crippen molar-refractivity contribution in [1.82, 2.24) is 9.78 Å². The predicted molar refractivity (Wildman–Crippen MR) is 63.0 cm³/mol. The Morgan fingerprint density at radius 2 is 2.38 bits per heavy atom. The zero-order valence-electron chi connectivity index (χ0n) is 8.62. The number of sulfonamides is 1. The molecule has 0 unspecified atom stereocenters. The van der Waals surface area contributed by atoms with E-state index in [-0.39, 0.29) is 0 Å². The monoisotopic (exact) mass is 257 g/mol. The van der Waals surface area contributed by atoms with Crippen LogP contribution in [0.25, 0.3) is 0 Å². The van der Waals surface area contributed by atoms with Crippen LogP contribution >= 0.6 is 11.3 Å². The second-order valence-electron chi connectivity index (χ2n) is 3.12. The first-order valence-electron chi connectivity index (χ1n) is 4.70. The molecule has 0 atom stereocenters. The molecular weight excluding hydrogens is 246 g/mol. The highest BCUT2D eigenvalue weighted by atomic mass is 32.2. The molecule has 16 heavy (non-hydrogen) atoms. The average Bonchev–Trinajstić information content (AvgIpc) is 2.86. The number of aromatic nitrogens is 2. The summed E-state index contributed by atoms with van der Waals surface area (Å²) in [5, 5.41) is 5.72. The number of thiophene rings is 1. The van der Waals surface area contributed by atoms with Crippen LogP contribution in [0.15, 0.2) is 34.1 Å². The quantitative estimate of drug-likeness (QED) is 0.907. The molecule has 0 aliphatic carbocycles. The molecule has 0 bridgehead atoms. The molecule has 7 heteroatoms. The van der Waals surface area contributed by atoms with Crippen LogP contribution in [0.5, 0.6) is 0 Å². The first-order valence-corrected chi connectivity index (χ1v) is 7.07. The van der Waals surface area contributed by atoms with E-state index in [4.69, 9.17) is 0 Å². The Balaban J connectivity index is 2.21. The minimum atomic E-state index is -3.45. The van der Waals surface area contributed by atoms with Gasteiger partial charge in [-0.15, -0.1) is 11.3 Å². The molecule has 0 fully saturated rings. The largest absolute Gasteiger partial charge is 0.276 e. The van der Waals surface area contributed by atoms with Crippen LogP contribution in [0.3, 0.4) is 0 Å². The third-order valence-electron chi connectivity index (χ3n) is 1.97. The Morgan fingerprint density at radius 1 is 1.56 bits per heavy atom. The van der Waals surface area contributed by atoms with E-state index in [1.165, 1.54) is 17.5 Å². The molecule has 0 aliphatic rings. The topological polar surface area (TPSA) is 64.0 Å². The third kappa shape index (κ3) is 2.25. The van der Waals surface area contributed by atoms with Crippen LogP contribution in [-0.4, -0.2) is 18.2 Å². The fraction of sp³-hybridized carbons (Fsp3) is 0.222. The van der Waals surface area contributed by atoms with Crippen molar-refractivity contribution in [2.75, 3.05) is 4.72 Å². The second-order valence-corrected chi connectivity index (χ2v) is 5.98. The van der Waals surface area contributed by atoms with Gasteiger partial charge in [-0.1, -0.05) is 6.07 Å². The van der Waals surface area contributed by atoms with Crippen molar-refractivity contribution in [3.63, 3.8) is 0 Å². The maximum Gasteiger partial charge on any atom is 0.271 e. The van der Waals surface area contributed by atoms with Crippen molar-refractivity contribution in [3.8, 4) is 0 Å². The van der Waals surface area contributed by atoms with Crippen molar-refractivity contribution in [3.05, 3.63) is 29.9 Å². The summed E-state index contributed by atoms with van der Waals surface area (Å²) in [6, 6.07) is 3.27. The zero-order valence-corrected chi connectivity index (χ0v) is 10.3. The Hall–Kier alpha value is -1.34. The number of hydrogen-bond donors (Lipinski definition) is 1. The van der Waals surface area contributed by atoms with E-state index >= 15 is 0 Å². The minimum absolute atomic E-state index is 0.303. The van der Waals surface area contributed by atoms with Gasteiger partial charge in [0.05, 0.1) is 11.9 Å². The molecule has 0 amide bonds. The van der Waals surface area contributed by atoms with E-state index in [2.05, 4.69) is 9.82 Å².